The van der Waals surface area contributed by atoms with E-state index in [9.17, 15) is 10.1 Å². The number of anilines is 1. The van der Waals surface area contributed by atoms with Gasteiger partial charge in [-0.15, -0.1) is 11.3 Å². The van der Waals surface area contributed by atoms with Gasteiger partial charge in [0.05, 0.1) is 5.56 Å². The van der Waals surface area contributed by atoms with Crippen LogP contribution in [0.2, 0.25) is 5.02 Å². The van der Waals surface area contributed by atoms with Gasteiger partial charge in [0.15, 0.2) is 0 Å². The lowest BCUT2D eigenvalue weighted by Gasteiger charge is -2.16. The fraction of sp³-hybridized carbons (Fsp3) is 0.400. The fourth-order valence-corrected chi connectivity index (χ4v) is 4.62. The highest BCUT2D eigenvalue weighted by molar-refractivity contribution is 7.16. The molecular weight excluding hydrogens is 366 g/mol. The summed E-state index contributed by atoms with van der Waals surface area (Å²) in [6, 6.07) is 10.0. The lowest BCUT2D eigenvalue weighted by Crippen LogP contribution is -2.24. The highest BCUT2D eigenvalue weighted by atomic mass is 35.5. The van der Waals surface area contributed by atoms with Gasteiger partial charge in [0.25, 0.3) is 0 Å². The second-order valence-corrected chi connectivity index (χ2v) is 8.23. The number of nitrogens with zero attached hydrogens (tertiary/aromatic N) is 2. The molecule has 136 valence electrons. The van der Waals surface area contributed by atoms with E-state index < -0.39 is 0 Å². The molecule has 1 amide bonds. The van der Waals surface area contributed by atoms with Crippen LogP contribution in [0.1, 0.15) is 40.8 Å². The van der Waals surface area contributed by atoms with Gasteiger partial charge in [-0.1, -0.05) is 23.7 Å². The van der Waals surface area contributed by atoms with Crippen LogP contribution < -0.4 is 5.32 Å². The third kappa shape index (κ3) is 4.64. The summed E-state index contributed by atoms with van der Waals surface area (Å²) < 4.78 is 0. The summed E-state index contributed by atoms with van der Waals surface area (Å²) in [6.45, 7) is 1.42. The third-order valence-electron chi connectivity index (χ3n) is 4.62. The van der Waals surface area contributed by atoms with Crippen molar-refractivity contribution in [1.82, 2.24) is 4.90 Å². The van der Waals surface area contributed by atoms with Gasteiger partial charge in [-0.2, -0.15) is 5.26 Å². The number of hydrogen-bond donors (Lipinski definition) is 1. The first-order valence-corrected chi connectivity index (χ1v) is 10.0. The van der Waals surface area contributed by atoms with E-state index in [1.165, 1.54) is 11.3 Å². The van der Waals surface area contributed by atoms with Crippen molar-refractivity contribution in [3.05, 3.63) is 50.9 Å². The number of benzene rings is 1. The number of hydrogen-bond acceptors (Lipinski definition) is 4. The first-order chi connectivity index (χ1) is 12.6. The van der Waals surface area contributed by atoms with E-state index in [0.29, 0.717) is 18.5 Å². The van der Waals surface area contributed by atoms with E-state index in [-0.39, 0.29) is 5.91 Å². The van der Waals surface area contributed by atoms with Crippen molar-refractivity contribution < 1.29 is 4.79 Å². The second kappa shape index (κ2) is 8.68. The van der Waals surface area contributed by atoms with Gasteiger partial charge in [-0.05, 0) is 56.0 Å². The predicted octanol–water partition coefficient (Wildman–Crippen LogP) is 4.61. The monoisotopic (exact) mass is 387 g/mol. The standard InChI is InChI=1S/C20H22ClN3OS/c1-24(13-14-6-8-15(21)9-7-14)11-10-19(25)23-20-17(12-22)16-4-2-3-5-18(16)26-20/h6-9H,2-5,10-11,13H2,1H3,(H,23,25). The molecule has 6 heteroatoms. The molecule has 0 unspecified atom stereocenters. The Balaban J connectivity index is 1.53. The highest BCUT2D eigenvalue weighted by Gasteiger charge is 2.21. The van der Waals surface area contributed by atoms with Gasteiger partial charge in [-0.25, -0.2) is 0 Å². The van der Waals surface area contributed by atoms with Crippen molar-refractivity contribution in [3.63, 3.8) is 0 Å². The number of nitrogens with one attached hydrogen (secondary N) is 1. The molecule has 0 saturated carbocycles. The van der Waals surface area contributed by atoms with E-state index in [4.69, 9.17) is 11.6 Å². The van der Waals surface area contributed by atoms with E-state index >= 15 is 0 Å². The number of carbonyl (C=O) groups excluding carboxylic acids is 1. The number of aryl methyl sites for hydroxylation is 1. The molecule has 1 N–H and O–H groups in total. The summed E-state index contributed by atoms with van der Waals surface area (Å²) in [5, 5.41) is 13.9. The molecule has 0 radical (unpaired) electrons. The molecule has 3 rings (SSSR count). The Morgan fingerprint density at radius 2 is 2.04 bits per heavy atom. The minimum atomic E-state index is -0.0388. The molecule has 0 saturated heterocycles. The third-order valence-corrected chi connectivity index (χ3v) is 6.08. The van der Waals surface area contributed by atoms with E-state index in [0.717, 1.165) is 47.0 Å². The summed E-state index contributed by atoms with van der Waals surface area (Å²) >= 11 is 7.47. The Bertz CT molecular complexity index is 823. The summed E-state index contributed by atoms with van der Waals surface area (Å²) in [6.07, 6.45) is 4.67. The maximum Gasteiger partial charge on any atom is 0.226 e. The summed E-state index contributed by atoms with van der Waals surface area (Å²) in [7, 11) is 1.99. The minimum absolute atomic E-state index is 0.0388. The molecule has 0 atom stereocenters. The molecule has 1 heterocycles. The zero-order chi connectivity index (χ0) is 18.5. The minimum Gasteiger partial charge on any atom is -0.317 e. The Morgan fingerprint density at radius 3 is 2.77 bits per heavy atom. The normalized spacial score (nSPS) is 13.3. The van der Waals surface area contributed by atoms with E-state index in [2.05, 4.69) is 16.3 Å². The van der Waals surface area contributed by atoms with Crippen LogP contribution in [0.15, 0.2) is 24.3 Å². The first-order valence-electron chi connectivity index (χ1n) is 8.84. The van der Waals surface area contributed by atoms with Gasteiger partial charge in [0.1, 0.15) is 11.1 Å². The average Bonchev–Trinajstić information content (AvgIpc) is 2.99. The molecule has 2 aromatic rings. The number of carbonyl (C=O) groups is 1. The number of halogens is 1. The number of nitriles is 1. The van der Waals surface area contributed by atoms with Crippen LogP contribution >= 0.6 is 22.9 Å². The lowest BCUT2D eigenvalue weighted by molar-refractivity contribution is -0.116. The summed E-state index contributed by atoms with van der Waals surface area (Å²) in [5.74, 6) is -0.0388. The lowest BCUT2D eigenvalue weighted by atomic mass is 9.96. The van der Waals surface area contributed by atoms with Crippen LogP contribution in [0.4, 0.5) is 5.00 Å². The second-order valence-electron chi connectivity index (χ2n) is 6.69. The van der Waals surface area contributed by atoms with Crippen LogP contribution in [0.25, 0.3) is 0 Å². The van der Waals surface area contributed by atoms with Crippen molar-refractivity contribution in [2.24, 2.45) is 0 Å². The molecule has 4 nitrogen and oxygen atoms in total. The van der Waals surface area contributed by atoms with Gasteiger partial charge in [-0.3, -0.25) is 4.79 Å². The number of thiophene rings is 1. The fourth-order valence-electron chi connectivity index (χ4n) is 3.23. The maximum atomic E-state index is 12.3. The van der Waals surface area contributed by atoms with Crippen LogP contribution in [0.3, 0.4) is 0 Å². The van der Waals surface area contributed by atoms with Gasteiger partial charge < -0.3 is 10.2 Å². The Hall–Kier alpha value is -1.87. The van der Waals surface area contributed by atoms with Gasteiger partial charge in [0.2, 0.25) is 5.91 Å². The Kier molecular flexibility index (Phi) is 6.31. The van der Waals surface area contributed by atoms with Crippen LogP contribution in [-0.4, -0.2) is 24.4 Å². The quantitative estimate of drug-likeness (QED) is 0.787. The van der Waals surface area contributed by atoms with Gasteiger partial charge in [0, 0.05) is 29.4 Å². The molecule has 1 aliphatic carbocycles. The molecule has 1 aromatic carbocycles. The molecule has 0 aliphatic heterocycles. The summed E-state index contributed by atoms with van der Waals surface area (Å²) in [4.78, 5) is 15.7. The predicted molar refractivity (Wildman–Crippen MR) is 107 cm³/mol. The van der Waals surface area contributed by atoms with Crippen molar-refractivity contribution in [2.75, 3.05) is 18.9 Å². The topological polar surface area (TPSA) is 56.1 Å². The van der Waals surface area contributed by atoms with Crippen molar-refractivity contribution >= 4 is 33.8 Å². The smallest absolute Gasteiger partial charge is 0.226 e. The number of amides is 1. The molecule has 0 fully saturated rings. The molecule has 0 bridgehead atoms. The number of rotatable bonds is 6. The van der Waals surface area contributed by atoms with Crippen LogP contribution in [-0.2, 0) is 24.2 Å². The highest BCUT2D eigenvalue weighted by Crippen LogP contribution is 2.37. The van der Waals surface area contributed by atoms with Crippen LogP contribution in [0.5, 0.6) is 0 Å². The first kappa shape index (κ1) is 18.9. The zero-order valence-electron chi connectivity index (χ0n) is 14.8. The van der Waals surface area contributed by atoms with Crippen molar-refractivity contribution in [1.29, 1.82) is 5.26 Å². The summed E-state index contributed by atoms with van der Waals surface area (Å²) in [5.41, 5.74) is 2.99. The zero-order valence-corrected chi connectivity index (χ0v) is 16.4. The molecule has 26 heavy (non-hydrogen) atoms. The van der Waals surface area contributed by atoms with Crippen molar-refractivity contribution in [2.45, 2.75) is 38.6 Å². The SMILES string of the molecule is CN(CCC(=O)Nc1sc2c(c1C#N)CCCC2)Cc1ccc(Cl)cc1. The Morgan fingerprint density at radius 1 is 1.31 bits per heavy atom. The largest absolute Gasteiger partial charge is 0.317 e. The average molecular weight is 388 g/mol. The van der Waals surface area contributed by atoms with E-state index in [1.807, 2.05) is 31.3 Å². The van der Waals surface area contributed by atoms with E-state index in [1.54, 1.807) is 11.3 Å². The maximum absolute atomic E-state index is 12.3. The molecular formula is C20H22ClN3OS. The Labute approximate surface area is 163 Å². The van der Waals surface area contributed by atoms with Gasteiger partial charge >= 0.3 is 0 Å². The van der Waals surface area contributed by atoms with Crippen LogP contribution in [0, 0.1) is 11.3 Å². The molecule has 1 aliphatic rings. The van der Waals surface area contributed by atoms with Crippen molar-refractivity contribution in [3.8, 4) is 6.07 Å². The molecule has 1 aromatic heterocycles. The number of fused-ring (bicyclic) bond motifs is 1. The molecule has 0 spiro atoms.